The fourth-order valence-electron chi connectivity index (χ4n) is 0.789. The van der Waals surface area contributed by atoms with Crippen LogP contribution < -0.4 is 5.73 Å². The van der Waals surface area contributed by atoms with Crippen LogP contribution in [0, 0.1) is 0 Å². The first-order chi connectivity index (χ1) is 3.79. The van der Waals surface area contributed by atoms with E-state index in [0.29, 0.717) is 0 Å². The van der Waals surface area contributed by atoms with Crippen LogP contribution in [0.3, 0.4) is 0 Å². The fraction of sp³-hybridized carbons (Fsp3) is 0.667. The van der Waals surface area contributed by atoms with Gasteiger partial charge in [0.15, 0.2) is 0 Å². The minimum atomic E-state index is 0.226. The van der Waals surface area contributed by atoms with Gasteiger partial charge >= 0.3 is 0 Å². The molecule has 2 N–H and O–H groups in total. The van der Waals surface area contributed by atoms with Crippen molar-refractivity contribution in [2.45, 2.75) is 19.4 Å². The van der Waals surface area contributed by atoms with Crippen molar-refractivity contribution >= 4 is 0 Å². The maximum atomic E-state index is 5.57. The van der Waals surface area contributed by atoms with Crippen molar-refractivity contribution in [3.05, 3.63) is 11.8 Å². The maximum absolute atomic E-state index is 5.57. The van der Waals surface area contributed by atoms with E-state index in [0.717, 1.165) is 18.8 Å². The number of ether oxygens (including phenoxy) is 1. The van der Waals surface area contributed by atoms with Crippen LogP contribution in [0.5, 0.6) is 0 Å². The summed E-state index contributed by atoms with van der Waals surface area (Å²) < 4.78 is 5.13. The molecule has 2 nitrogen and oxygen atoms in total. The molecule has 0 spiro atoms. The first-order valence-electron chi connectivity index (χ1n) is 2.86. The van der Waals surface area contributed by atoms with Gasteiger partial charge in [-0.3, -0.25) is 0 Å². The SMILES string of the molecule is CC1=CC(N)CCO1. The zero-order valence-corrected chi connectivity index (χ0v) is 5.05. The van der Waals surface area contributed by atoms with Crippen molar-refractivity contribution in [2.75, 3.05) is 6.61 Å². The monoisotopic (exact) mass is 113 g/mol. The molecule has 0 fully saturated rings. The van der Waals surface area contributed by atoms with Gasteiger partial charge in [0.05, 0.1) is 12.4 Å². The van der Waals surface area contributed by atoms with Crippen LogP contribution in [0.4, 0.5) is 0 Å². The van der Waals surface area contributed by atoms with Crippen molar-refractivity contribution in [1.82, 2.24) is 0 Å². The van der Waals surface area contributed by atoms with E-state index < -0.39 is 0 Å². The van der Waals surface area contributed by atoms with Crippen molar-refractivity contribution in [1.29, 1.82) is 0 Å². The molecule has 0 radical (unpaired) electrons. The summed E-state index contributed by atoms with van der Waals surface area (Å²) in [7, 11) is 0. The summed E-state index contributed by atoms with van der Waals surface area (Å²) in [5.41, 5.74) is 5.57. The average Bonchev–Trinajstić information content (AvgIpc) is 1.64. The Morgan fingerprint density at radius 2 is 2.62 bits per heavy atom. The van der Waals surface area contributed by atoms with Crippen LogP contribution in [0.2, 0.25) is 0 Å². The largest absolute Gasteiger partial charge is 0.498 e. The topological polar surface area (TPSA) is 35.2 Å². The lowest BCUT2D eigenvalue weighted by atomic mass is 10.2. The summed E-state index contributed by atoms with van der Waals surface area (Å²) >= 11 is 0. The molecule has 1 aliphatic heterocycles. The fourth-order valence-corrected chi connectivity index (χ4v) is 0.789. The van der Waals surface area contributed by atoms with Crippen LogP contribution in [-0.2, 0) is 4.74 Å². The normalized spacial score (nSPS) is 28.8. The smallest absolute Gasteiger partial charge is 0.0904 e. The Morgan fingerprint density at radius 1 is 1.88 bits per heavy atom. The quantitative estimate of drug-likeness (QED) is 0.500. The van der Waals surface area contributed by atoms with E-state index in [4.69, 9.17) is 10.5 Å². The van der Waals surface area contributed by atoms with Crippen molar-refractivity contribution in [2.24, 2.45) is 5.73 Å². The molecule has 1 atom stereocenters. The second kappa shape index (κ2) is 2.18. The molecule has 0 aromatic rings. The molecule has 46 valence electrons. The van der Waals surface area contributed by atoms with Crippen LogP contribution in [0.15, 0.2) is 11.8 Å². The van der Waals surface area contributed by atoms with E-state index in [-0.39, 0.29) is 6.04 Å². The molecule has 0 amide bonds. The van der Waals surface area contributed by atoms with Gasteiger partial charge in [-0.25, -0.2) is 0 Å². The summed E-state index contributed by atoms with van der Waals surface area (Å²) in [6.07, 6.45) is 2.90. The van der Waals surface area contributed by atoms with Gasteiger partial charge in [0.2, 0.25) is 0 Å². The summed E-state index contributed by atoms with van der Waals surface area (Å²) in [6.45, 7) is 2.71. The lowest BCUT2D eigenvalue weighted by Crippen LogP contribution is -2.23. The molecule has 8 heavy (non-hydrogen) atoms. The number of nitrogens with two attached hydrogens (primary N) is 1. The zero-order chi connectivity index (χ0) is 5.98. The standard InChI is InChI=1S/C6H11NO/c1-5-4-6(7)2-3-8-5/h4,6H,2-3,7H2,1H3. The van der Waals surface area contributed by atoms with Gasteiger partial charge in [-0.2, -0.15) is 0 Å². The predicted molar refractivity (Wildman–Crippen MR) is 32.3 cm³/mol. The molecule has 2 heteroatoms. The molecule has 0 saturated heterocycles. The Balaban J connectivity index is 2.50. The highest BCUT2D eigenvalue weighted by atomic mass is 16.5. The molecule has 0 aromatic heterocycles. The molecular formula is C6H11NO. The molecule has 0 bridgehead atoms. The third-order valence-electron chi connectivity index (χ3n) is 1.23. The highest BCUT2D eigenvalue weighted by Crippen LogP contribution is 2.06. The average molecular weight is 113 g/mol. The maximum Gasteiger partial charge on any atom is 0.0904 e. The van der Waals surface area contributed by atoms with E-state index in [1.165, 1.54) is 0 Å². The summed E-state index contributed by atoms with van der Waals surface area (Å²) in [5.74, 6) is 0.962. The second-order valence-corrected chi connectivity index (χ2v) is 2.08. The first kappa shape index (κ1) is 5.63. The molecule has 1 aliphatic rings. The Labute approximate surface area is 49.3 Å². The van der Waals surface area contributed by atoms with E-state index >= 15 is 0 Å². The number of rotatable bonds is 0. The van der Waals surface area contributed by atoms with Crippen molar-refractivity contribution in [3.63, 3.8) is 0 Å². The summed E-state index contributed by atoms with van der Waals surface area (Å²) in [4.78, 5) is 0. The van der Waals surface area contributed by atoms with Gasteiger partial charge in [0.25, 0.3) is 0 Å². The van der Waals surface area contributed by atoms with E-state index in [1.807, 2.05) is 13.0 Å². The van der Waals surface area contributed by atoms with E-state index in [2.05, 4.69) is 0 Å². The lowest BCUT2D eigenvalue weighted by molar-refractivity contribution is 0.189. The second-order valence-electron chi connectivity index (χ2n) is 2.08. The molecular weight excluding hydrogens is 102 g/mol. The third-order valence-corrected chi connectivity index (χ3v) is 1.23. The Morgan fingerprint density at radius 3 is 3.00 bits per heavy atom. The number of allylic oxidation sites excluding steroid dienone is 1. The van der Waals surface area contributed by atoms with Crippen molar-refractivity contribution in [3.8, 4) is 0 Å². The highest BCUT2D eigenvalue weighted by Gasteiger charge is 2.05. The molecule has 1 heterocycles. The van der Waals surface area contributed by atoms with Crippen LogP contribution in [-0.4, -0.2) is 12.6 Å². The highest BCUT2D eigenvalue weighted by molar-refractivity contribution is 4.99. The van der Waals surface area contributed by atoms with Gasteiger partial charge in [-0.1, -0.05) is 0 Å². The van der Waals surface area contributed by atoms with Gasteiger partial charge in [-0.15, -0.1) is 0 Å². The van der Waals surface area contributed by atoms with Gasteiger partial charge < -0.3 is 10.5 Å². The van der Waals surface area contributed by atoms with Crippen molar-refractivity contribution < 1.29 is 4.74 Å². The molecule has 1 rings (SSSR count). The minimum absolute atomic E-state index is 0.226. The molecule has 0 aromatic carbocycles. The number of hydrogen-bond donors (Lipinski definition) is 1. The third kappa shape index (κ3) is 1.23. The first-order valence-corrected chi connectivity index (χ1v) is 2.86. The predicted octanol–water partition coefficient (Wildman–Crippen LogP) is 0.638. The lowest BCUT2D eigenvalue weighted by Gasteiger charge is -2.15. The van der Waals surface area contributed by atoms with Crippen LogP contribution >= 0.6 is 0 Å². The van der Waals surface area contributed by atoms with E-state index in [9.17, 15) is 0 Å². The Kier molecular flexibility index (Phi) is 1.53. The minimum Gasteiger partial charge on any atom is -0.498 e. The van der Waals surface area contributed by atoms with Crippen LogP contribution in [0.25, 0.3) is 0 Å². The van der Waals surface area contributed by atoms with E-state index in [1.54, 1.807) is 0 Å². The summed E-state index contributed by atoms with van der Waals surface area (Å²) in [6, 6.07) is 0.226. The number of hydrogen-bond acceptors (Lipinski definition) is 2. The van der Waals surface area contributed by atoms with Gasteiger partial charge in [-0.05, 0) is 13.0 Å². The Hall–Kier alpha value is -0.500. The molecule has 0 aliphatic carbocycles. The van der Waals surface area contributed by atoms with Crippen LogP contribution in [0.1, 0.15) is 13.3 Å². The van der Waals surface area contributed by atoms with Gasteiger partial charge in [0.1, 0.15) is 0 Å². The molecule has 1 unspecified atom stereocenters. The zero-order valence-electron chi connectivity index (χ0n) is 5.05. The summed E-state index contributed by atoms with van der Waals surface area (Å²) in [5, 5.41) is 0. The Bertz CT molecular complexity index is 109. The molecule has 0 saturated carbocycles. The van der Waals surface area contributed by atoms with Gasteiger partial charge in [0, 0.05) is 12.5 Å².